The zero-order valence-corrected chi connectivity index (χ0v) is 24.1. The summed E-state index contributed by atoms with van der Waals surface area (Å²) >= 11 is 0. The maximum absolute atomic E-state index is 11.5. The monoisotopic (exact) mass is 536 g/mol. The van der Waals surface area contributed by atoms with Gasteiger partial charge in [-0.2, -0.15) is 0 Å². The predicted molar refractivity (Wildman–Crippen MR) is 161 cm³/mol. The van der Waals surface area contributed by atoms with Gasteiger partial charge in [-0.3, -0.25) is 0 Å². The molecule has 0 unspecified atom stereocenters. The third-order valence-electron chi connectivity index (χ3n) is 7.61. The quantitative estimate of drug-likeness (QED) is 0.231. The third kappa shape index (κ3) is 5.82. The molecular weight excluding hydrogens is 496 g/mol. The average Bonchev–Trinajstić information content (AvgIpc) is 2.92. The van der Waals surface area contributed by atoms with Crippen LogP contribution in [0.25, 0.3) is 0 Å². The van der Waals surface area contributed by atoms with Crippen LogP contribution in [0.1, 0.15) is 82.3 Å². The van der Waals surface area contributed by atoms with Crippen LogP contribution in [0.3, 0.4) is 0 Å². The van der Waals surface area contributed by atoms with Gasteiger partial charge in [-0.1, -0.05) is 85.6 Å². The van der Waals surface area contributed by atoms with E-state index in [1.54, 1.807) is 0 Å². The Labute approximate surface area is 238 Å². The molecule has 0 amide bonds. The molecule has 0 saturated heterocycles. The first kappa shape index (κ1) is 27.6. The zero-order chi connectivity index (χ0) is 28.2. The molecule has 0 atom stereocenters. The molecule has 0 aromatic heterocycles. The van der Waals surface area contributed by atoms with Gasteiger partial charge in [-0.05, 0) is 71.2 Å². The molecule has 4 aromatic carbocycles. The molecule has 5 rings (SSSR count). The van der Waals surface area contributed by atoms with Gasteiger partial charge in [0.05, 0.1) is 13.2 Å². The smallest absolute Gasteiger partial charge is 0.126 e. The second-order valence-electron chi connectivity index (χ2n) is 11.1. The van der Waals surface area contributed by atoms with Crippen LogP contribution in [-0.2, 0) is 25.7 Å². The van der Waals surface area contributed by atoms with E-state index < -0.39 is 0 Å². The molecule has 4 heteroatoms. The second kappa shape index (κ2) is 12.1. The molecule has 4 nitrogen and oxygen atoms in total. The highest BCUT2D eigenvalue weighted by Gasteiger charge is 2.20. The van der Waals surface area contributed by atoms with Gasteiger partial charge in [-0.15, -0.1) is 0 Å². The van der Waals surface area contributed by atoms with E-state index in [2.05, 4.69) is 88.4 Å². The van der Waals surface area contributed by atoms with Crippen molar-refractivity contribution >= 4 is 0 Å². The molecule has 4 aromatic rings. The standard InChI is InChI=1S/C36H40O4/c1-5-13-39-35-25-9-7-10-26(35)20-30-16-24(4)18-32(34(30)38)22-28-12-8-11-27(36(28)40-14-6-2)21-31-17-23(3)15-29(19-25)33(31)37/h7-12,15-18,37-38H,5-6,13-14,19-22H2,1-4H3. The predicted octanol–water partition coefficient (Wildman–Crippen LogP) is 7.97. The summed E-state index contributed by atoms with van der Waals surface area (Å²) in [7, 11) is 0. The van der Waals surface area contributed by atoms with Crippen molar-refractivity contribution in [3.05, 3.63) is 116 Å². The normalized spacial score (nSPS) is 12.7. The summed E-state index contributed by atoms with van der Waals surface area (Å²) in [6, 6.07) is 20.7. The van der Waals surface area contributed by atoms with E-state index in [-0.39, 0.29) is 0 Å². The van der Waals surface area contributed by atoms with Crippen molar-refractivity contribution in [3.8, 4) is 23.0 Å². The number of fused-ring (bicyclic) bond motifs is 8. The number of phenols is 2. The number of rotatable bonds is 6. The lowest BCUT2D eigenvalue weighted by atomic mass is 9.90. The zero-order valence-electron chi connectivity index (χ0n) is 24.1. The molecule has 0 radical (unpaired) electrons. The summed E-state index contributed by atoms with van der Waals surface area (Å²) in [5.41, 5.74) is 9.89. The SMILES string of the molecule is CCCOc1c2cccc1Cc1cc(C)cc(c1O)Cc1cccc(c1OCCC)Cc1cc(C)cc(c1O)C2. The molecular formula is C36H40O4. The Morgan fingerprint density at radius 1 is 0.525 bits per heavy atom. The van der Waals surface area contributed by atoms with E-state index >= 15 is 0 Å². The van der Waals surface area contributed by atoms with Crippen LogP contribution in [-0.4, -0.2) is 23.4 Å². The van der Waals surface area contributed by atoms with Crippen molar-refractivity contribution in [2.45, 2.75) is 66.2 Å². The molecule has 1 aliphatic carbocycles. The summed E-state index contributed by atoms with van der Waals surface area (Å²) in [4.78, 5) is 0. The third-order valence-corrected chi connectivity index (χ3v) is 7.61. The van der Waals surface area contributed by atoms with Crippen molar-refractivity contribution in [1.29, 1.82) is 0 Å². The number of aromatic hydroxyl groups is 2. The highest BCUT2D eigenvalue weighted by atomic mass is 16.5. The van der Waals surface area contributed by atoms with Crippen LogP contribution in [0.5, 0.6) is 23.0 Å². The summed E-state index contributed by atoms with van der Waals surface area (Å²) in [6.45, 7) is 9.58. The topological polar surface area (TPSA) is 58.9 Å². The number of para-hydroxylation sites is 2. The molecule has 0 fully saturated rings. The number of hydrogen-bond donors (Lipinski definition) is 2. The van der Waals surface area contributed by atoms with E-state index in [4.69, 9.17) is 9.47 Å². The number of benzene rings is 4. The van der Waals surface area contributed by atoms with Crippen molar-refractivity contribution in [2.75, 3.05) is 13.2 Å². The van der Waals surface area contributed by atoms with Gasteiger partial charge in [0.25, 0.3) is 0 Å². The summed E-state index contributed by atoms with van der Waals surface area (Å²) in [6.07, 6.45) is 4.01. The summed E-state index contributed by atoms with van der Waals surface area (Å²) < 4.78 is 12.7. The minimum atomic E-state index is 0.329. The van der Waals surface area contributed by atoms with E-state index in [9.17, 15) is 10.2 Å². The molecule has 2 N–H and O–H groups in total. The van der Waals surface area contributed by atoms with Crippen LogP contribution in [0.2, 0.25) is 0 Å². The van der Waals surface area contributed by atoms with E-state index in [0.29, 0.717) is 50.4 Å². The molecule has 1 aliphatic rings. The molecule has 0 aliphatic heterocycles. The highest BCUT2D eigenvalue weighted by molar-refractivity contribution is 5.56. The Kier molecular flexibility index (Phi) is 8.35. The van der Waals surface area contributed by atoms with Gasteiger partial charge >= 0.3 is 0 Å². The van der Waals surface area contributed by atoms with Crippen molar-refractivity contribution in [2.24, 2.45) is 0 Å². The molecule has 8 bridgehead atoms. The number of ether oxygens (including phenoxy) is 2. The van der Waals surface area contributed by atoms with Crippen LogP contribution >= 0.6 is 0 Å². The Bertz CT molecular complexity index is 1310. The van der Waals surface area contributed by atoms with Gasteiger partial charge in [0.2, 0.25) is 0 Å². The molecule has 40 heavy (non-hydrogen) atoms. The fraction of sp³-hybridized carbons (Fsp3) is 0.333. The van der Waals surface area contributed by atoms with Crippen LogP contribution in [0, 0.1) is 13.8 Å². The maximum Gasteiger partial charge on any atom is 0.126 e. The van der Waals surface area contributed by atoms with Crippen molar-refractivity contribution in [1.82, 2.24) is 0 Å². The fourth-order valence-corrected chi connectivity index (χ4v) is 5.84. The van der Waals surface area contributed by atoms with Crippen molar-refractivity contribution < 1.29 is 19.7 Å². The lowest BCUT2D eigenvalue weighted by Crippen LogP contribution is -2.07. The molecule has 208 valence electrons. The van der Waals surface area contributed by atoms with E-state index in [1.165, 1.54) is 0 Å². The van der Waals surface area contributed by atoms with Crippen molar-refractivity contribution in [3.63, 3.8) is 0 Å². The average molecular weight is 537 g/mol. The molecule has 0 saturated carbocycles. The molecule has 0 heterocycles. The highest BCUT2D eigenvalue weighted by Crippen LogP contribution is 2.38. The minimum absolute atomic E-state index is 0.329. The van der Waals surface area contributed by atoms with Gasteiger partial charge in [0.1, 0.15) is 23.0 Å². The van der Waals surface area contributed by atoms with Gasteiger partial charge in [0, 0.05) is 25.7 Å². The lowest BCUT2D eigenvalue weighted by molar-refractivity contribution is 0.311. The summed E-state index contributed by atoms with van der Waals surface area (Å²) in [5.74, 6) is 2.35. The van der Waals surface area contributed by atoms with Crippen LogP contribution in [0.15, 0.2) is 60.7 Å². The van der Waals surface area contributed by atoms with E-state index in [1.807, 2.05) is 0 Å². The number of hydrogen-bond acceptors (Lipinski definition) is 4. The Morgan fingerprint density at radius 3 is 1.10 bits per heavy atom. The second-order valence-corrected chi connectivity index (χ2v) is 11.1. The summed E-state index contributed by atoms with van der Waals surface area (Å²) in [5, 5.41) is 23.1. The van der Waals surface area contributed by atoms with Gasteiger partial charge in [0.15, 0.2) is 0 Å². The van der Waals surface area contributed by atoms with Gasteiger partial charge < -0.3 is 19.7 Å². The number of aryl methyl sites for hydroxylation is 2. The maximum atomic E-state index is 11.5. The Morgan fingerprint density at radius 2 is 0.825 bits per heavy atom. The first-order valence-electron chi connectivity index (χ1n) is 14.5. The Balaban J connectivity index is 1.75. The lowest BCUT2D eigenvalue weighted by Gasteiger charge is -2.21. The first-order valence-corrected chi connectivity index (χ1v) is 14.5. The minimum Gasteiger partial charge on any atom is -0.507 e. The number of phenolic OH excluding ortho intramolecular Hbond substituents is 2. The molecule has 0 spiro atoms. The largest absolute Gasteiger partial charge is 0.507 e. The van der Waals surface area contributed by atoms with E-state index in [0.717, 1.165) is 80.0 Å². The fourth-order valence-electron chi connectivity index (χ4n) is 5.84. The van der Waals surface area contributed by atoms with Gasteiger partial charge in [-0.25, -0.2) is 0 Å². The Hall–Kier alpha value is -3.92. The van der Waals surface area contributed by atoms with Crippen LogP contribution in [0.4, 0.5) is 0 Å². The first-order chi connectivity index (χ1) is 19.4. The van der Waals surface area contributed by atoms with Crippen LogP contribution < -0.4 is 9.47 Å².